The van der Waals surface area contributed by atoms with E-state index < -0.39 is 5.76 Å². The first-order valence-electron chi connectivity index (χ1n) is 6.39. The van der Waals surface area contributed by atoms with Gasteiger partial charge >= 0.3 is 0 Å². The van der Waals surface area contributed by atoms with Crippen LogP contribution >= 0.6 is 11.8 Å². The van der Waals surface area contributed by atoms with Crippen molar-refractivity contribution in [1.29, 1.82) is 0 Å². The molecular weight excluding hydrogens is 288 g/mol. The van der Waals surface area contributed by atoms with Crippen LogP contribution in [0.1, 0.15) is 35.6 Å². The number of hydrogen-bond donors (Lipinski definition) is 1. The summed E-state index contributed by atoms with van der Waals surface area (Å²) >= 11 is 0.461. The molecule has 20 heavy (non-hydrogen) atoms. The van der Waals surface area contributed by atoms with Crippen molar-refractivity contribution >= 4 is 17.7 Å². The Morgan fingerprint density at radius 3 is 2.80 bits per heavy atom. The molecule has 0 atom stereocenters. The van der Waals surface area contributed by atoms with E-state index in [-0.39, 0.29) is 24.0 Å². The second-order valence-electron chi connectivity index (χ2n) is 4.35. The number of aliphatic hydroxyl groups is 1. The number of rotatable bonds is 9. The number of amides is 1. The van der Waals surface area contributed by atoms with Gasteiger partial charge in [0.2, 0.25) is 0 Å². The molecule has 1 aromatic heterocycles. The molecule has 0 bridgehead atoms. The Labute approximate surface area is 121 Å². The molecule has 0 aliphatic heterocycles. The molecule has 1 heterocycles. The molecule has 4 nitrogen and oxygen atoms in total. The van der Waals surface area contributed by atoms with Crippen molar-refractivity contribution in [1.82, 2.24) is 4.90 Å². The van der Waals surface area contributed by atoms with Crippen molar-refractivity contribution in [3.63, 3.8) is 0 Å². The Hall–Kier alpha value is -1.08. The summed E-state index contributed by atoms with van der Waals surface area (Å²) in [6.45, 7) is 0.724. The van der Waals surface area contributed by atoms with Gasteiger partial charge in [-0.25, -0.2) is 0 Å². The quantitative estimate of drug-likeness (QED) is 0.713. The van der Waals surface area contributed by atoms with Crippen molar-refractivity contribution in [2.75, 3.05) is 20.2 Å². The number of carbonyl (C=O) groups is 1. The average Bonchev–Trinajstić information content (AvgIpc) is 2.89. The highest BCUT2D eigenvalue weighted by molar-refractivity contribution is 7.98. The molecule has 0 radical (unpaired) electrons. The first kappa shape index (κ1) is 17.0. The molecule has 0 saturated heterocycles. The number of unbranched alkanes of at least 4 members (excludes halogenated alkanes) is 2. The van der Waals surface area contributed by atoms with Crippen LogP contribution in [0.3, 0.4) is 0 Å². The number of thioether (sulfide) groups is 1. The number of nitrogens with zero attached hydrogens (tertiary/aromatic N) is 1. The van der Waals surface area contributed by atoms with Gasteiger partial charge in [-0.3, -0.25) is 4.79 Å². The Morgan fingerprint density at radius 1 is 1.40 bits per heavy atom. The number of hydrogen-bond acceptors (Lipinski definition) is 4. The second-order valence-corrected chi connectivity index (χ2v) is 5.33. The van der Waals surface area contributed by atoms with E-state index in [9.17, 15) is 13.6 Å². The van der Waals surface area contributed by atoms with Gasteiger partial charge in [-0.15, -0.1) is 0 Å². The van der Waals surface area contributed by atoms with Crippen molar-refractivity contribution in [3.05, 3.63) is 23.7 Å². The Morgan fingerprint density at radius 2 is 2.15 bits per heavy atom. The highest BCUT2D eigenvalue weighted by Crippen LogP contribution is 2.21. The molecule has 1 aromatic rings. The van der Waals surface area contributed by atoms with Crippen molar-refractivity contribution in [2.24, 2.45) is 0 Å². The summed E-state index contributed by atoms with van der Waals surface area (Å²) < 4.78 is 29.3. The molecule has 0 aliphatic carbocycles. The lowest BCUT2D eigenvalue weighted by Gasteiger charge is -2.15. The standard InChI is InChI=1S/C13H19F2NO3S/c1-16(7-3-2-4-8-17)12(18)11-6-5-10(19-11)9-20-13(14)15/h5-6,13,17H,2-4,7-9H2,1H3. The van der Waals surface area contributed by atoms with Gasteiger partial charge in [-0.1, -0.05) is 11.8 Å². The second kappa shape index (κ2) is 8.97. The van der Waals surface area contributed by atoms with E-state index in [2.05, 4.69) is 0 Å². The topological polar surface area (TPSA) is 53.7 Å². The molecule has 0 fully saturated rings. The van der Waals surface area contributed by atoms with Crippen molar-refractivity contribution < 1.29 is 23.1 Å². The molecule has 1 N–H and O–H groups in total. The Balaban J connectivity index is 2.42. The highest BCUT2D eigenvalue weighted by atomic mass is 32.2. The van der Waals surface area contributed by atoms with E-state index in [1.165, 1.54) is 11.0 Å². The normalized spacial score (nSPS) is 11.1. The van der Waals surface area contributed by atoms with Crippen LogP contribution in [-0.2, 0) is 5.75 Å². The maximum absolute atomic E-state index is 12.0. The molecule has 0 aliphatic rings. The minimum absolute atomic E-state index is 0.0468. The molecule has 0 aromatic carbocycles. The SMILES string of the molecule is CN(CCCCCO)C(=O)c1ccc(CSC(F)F)o1. The van der Waals surface area contributed by atoms with Crippen LogP contribution in [0.5, 0.6) is 0 Å². The Bertz CT molecular complexity index is 412. The summed E-state index contributed by atoms with van der Waals surface area (Å²) in [5.74, 6) is -2.13. The van der Waals surface area contributed by atoms with Crippen LogP contribution < -0.4 is 0 Å². The van der Waals surface area contributed by atoms with Gasteiger partial charge in [0.25, 0.3) is 11.7 Å². The molecule has 7 heteroatoms. The summed E-state index contributed by atoms with van der Waals surface area (Å²) in [5.41, 5.74) is 0. The van der Waals surface area contributed by atoms with E-state index >= 15 is 0 Å². The van der Waals surface area contributed by atoms with Crippen LogP contribution in [0.25, 0.3) is 0 Å². The highest BCUT2D eigenvalue weighted by Gasteiger charge is 2.16. The van der Waals surface area contributed by atoms with Gasteiger partial charge < -0.3 is 14.4 Å². The lowest BCUT2D eigenvalue weighted by atomic mass is 10.2. The third kappa shape index (κ3) is 5.92. The first-order valence-corrected chi connectivity index (χ1v) is 7.44. The number of alkyl halides is 2. The van der Waals surface area contributed by atoms with Gasteiger partial charge in [0.05, 0.1) is 5.75 Å². The fourth-order valence-corrected chi connectivity index (χ4v) is 2.09. The van der Waals surface area contributed by atoms with E-state index in [4.69, 9.17) is 9.52 Å². The first-order chi connectivity index (χ1) is 9.54. The molecule has 114 valence electrons. The minimum Gasteiger partial charge on any atom is -0.455 e. The smallest absolute Gasteiger partial charge is 0.289 e. The fraction of sp³-hybridized carbons (Fsp3) is 0.615. The van der Waals surface area contributed by atoms with Gasteiger partial charge in [0.15, 0.2) is 5.76 Å². The summed E-state index contributed by atoms with van der Waals surface area (Å²) in [6.07, 6.45) is 2.37. The molecular formula is C13H19F2NO3S. The van der Waals surface area contributed by atoms with Crippen molar-refractivity contribution in [3.8, 4) is 0 Å². The van der Waals surface area contributed by atoms with Crippen LogP contribution in [-0.4, -0.2) is 41.9 Å². The summed E-state index contributed by atoms with van der Waals surface area (Å²) in [6, 6.07) is 3.05. The van der Waals surface area contributed by atoms with Crippen LogP contribution in [0.15, 0.2) is 16.5 Å². The predicted octanol–water partition coefficient (Wildman–Crippen LogP) is 2.97. The fourth-order valence-electron chi connectivity index (χ4n) is 1.64. The number of aliphatic hydroxyl groups excluding tert-OH is 1. The summed E-state index contributed by atoms with van der Waals surface area (Å²) in [4.78, 5) is 13.5. The zero-order valence-corrected chi connectivity index (χ0v) is 12.2. The maximum atomic E-state index is 12.0. The van der Waals surface area contributed by atoms with E-state index in [1.807, 2.05) is 0 Å². The average molecular weight is 307 g/mol. The lowest BCUT2D eigenvalue weighted by Crippen LogP contribution is -2.27. The van der Waals surface area contributed by atoms with Crippen LogP contribution in [0.2, 0.25) is 0 Å². The van der Waals surface area contributed by atoms with Gasteiger partial charge in [-0.05, 0) is 31.4 Å². The largest absolute Gasteiger partial charge is 0.455 e. The minimum atomic E-state index is -2.45. The van der Waals surface area contributed by atoms with E-state index in [1.54, 1.807) is 13.1 Å². The molecule has 1 amide bonds. The number of furan rings is 1. The van der Waals surface area contributed by atoms with E-state index in [0.717, 1.165) is 19.3 Å². The summed E-state index contributed by atoms with van der Waals surface area (Å²) in [5, 5.41) is 8.66. The van der Waals surface area contributed by atoms with Crippen molar-refractivity contribution in [2.45, 2.75) is 30.8 Å². The third-order valence-corrected chi connectivity index (χ3v) is 3.43. The molecule has 1 rings (SSSR count). The maximum Gasteiger partial charge on any atom is 0.289 e. The third-order valence-electron chi connectivity index (χ3n) is 2.72. The lowest BCUT2D eigenvalue weighted by molar-refractivity contribution is 0.0759. The summed E-state index contributed by atoms with van der Waals surface area (Å²) in [7, 11) is 1.66. The van der Waals surface area contributed by atoms with Crippen LogP contribution in [0, 0.1) is 0 Å². The van der Waals surface area contributed by atoms with Gasteiger partial charge in [-0.2, -0.15) is 8.78 Å². The van der Waals surface area contributed by atoms with Crippen LogP contribution in [0.4, 0.5) is 8.78 Å². The number of carbonyl (C=O) groups excluding carboxylic acids is 1. The Kier molecular flexibility index (Phi) is 7.61. The van der Waals surface area contributed by atoms with E-state index in [0.29, 0.717) is 24.1 Å². The monoisotopic (exact) mass is 307 g/mol. The predicted molar refractivity (Wildman–Crippen MR) is 73.9 cm³/mol. The molecule has 0 saturated carbocycles. The zero-order valence-electron chi connectivity index (χ0n) is 11.3. The van der Waals surface area contributed by atoms with Gasteiger partial charge in [0.1, 0.15) is 5.76 Å². The molecule has 0 unspecified atom stereocenters. The number of halogens is 2. The van der Waals surface area contributed by atoms with Gasteiger partial charge in [0, 0.05) is 20.2 Å². The molecule has 0 spiro atoms. The zero-order chi connectivity index (χ0) is 15.0.